The fourth-order valence-electron chi connectivity index (χ4n) is 2.97. The Labute approximate surface area is 114 Å². The van der Waals surface area contributed by atoms with Gasteiger partial charge in [-0.25, -0.2) is 0 Å². The monoisotopic (exact) mass is 250 g/mol. The van der Waals surface area contributed by atoms with Crippen molar-refractivity contribution in [3.05, 3.63) is 71.2 Å². The van der Waals surface area contributed by atoms with Crippen molar-refractivity contribution in [1.29, 1.82) is 0 Å². The predicted octanol–water partition coefficient (Wildman–Crippen LogP) is 3.57. The fraction of sp³-hybridized carbons (Fsp3) is 0.235. The predicted molar refractivity (Wildman–Crippen MR) is 78.7 cm³/mol. The van der Waals surface area contributed by atoms with Crippen molar-refractivity contribution in [3.8, 4) is 0 Å². The van der Waals surface area contributed by atoms with Gasteiger partial charge in [-0.05, 0) is 42.7 Å². The molecular formula is C17H18N2. The Balaban J connectivity index is 2.28. The van der Waals surface area contributed by atoms with E-state index in [0.717, 1.165) is 0 Å². The highest BCUT2D eigenvalue weighted by molar-refractivity contribution is 5.60. The van der Waals surface area contributed by atoms with Crippen LogP contribution < -0.4 is 0 Å². The summed E-state index contributed by atoms with van der Waals surface area (Å²) in [5.41, 5.74) is 5.02. The fourth-order valence-corrected chi connectivity index (χ4v) is 2.97. The van der Waals surface area contributed by atoms with Crippen LogP contribution in [0.5, 0.6) is 0 Å². The molecule has 1 aromatic heterocycles. The van der Waals surface area contributed by atoms with E-state index in [0.29, 0.717) is 0 Å². The molecule has 3 rings (SSSR count). The molecule has 0 spiro atoms. The van der Waals surface area contributed by atoms with E-state index in [1.54, 1.807) is 0 Å². The first-order valence-electron chi connectivity index (χ1n) is 6.56. The zero-order chi connectivity index (χ0) is 13.5. The van der Waals surface area contributed by atoms with E-state index >= 15 is 0 Å². The molecule has 2 nitrogen and oxygen atoms in total. The molecule has 0 fully saturated rings. The van der Waals surface area contributed by atoms with E-state index in [9.17, 15) is 0 Å². The smallest absolute Gasteiger partial charge is 0.0878 e. The van der Waals surface area contributed by atoms with Crippen LogP contribution in [0, 0.1) is 6.92 Å². The lowest BCUT2D eigenvalue weighted by Crippen LogP contribution is -2.41. The molecule has 0 amide bonds. The number of aryl methyl sites for hydroxylation is 1. The Bertz CT molecular complexity index is 645. The number of hydrogen-bond donors (Lipinski definition) is 0. The number of hydrogen-bond acceptors (Lipinski definition) is 2. The molecule has 1 atom stereocenters. The molecule has 1 aliphatic heterocycles. The van der Waals surface area contributed by atoms with Crippen molar-refractivity contribution in [1.82, 2.24) is 9.88 Å². The van der Waals surface area contributed by atoms with Gasteiger partial charge >= 0.3 is 0 Å². The van der Waals surface area contributed by atoms with Gasteiger partial charge in [0.2, 0.25) is 0 Å². The van der Waals surface area contributed by atoms with Crippen molar-refractivity contribution >= 4 is 6.08 Å². The topological polar surface area (TPSA) is 16.1 Å². The van der Waals surface area contributed by atoms with Gasteiger partial charge in [-0.15, -0.1) is 0 Å². The second kappa shape index (κ2) is 4.23. The molecule has 0 bridgehead atoms. The third-order valence-corrected chi connectivity index (χ3v) is 4.23. The van der Waals surface area contributed by atoms with E-state index in [1.807, 2.05) is 12.4 Å². The molecule has 0 N–H and O–H groups in total. The number of nitrogens with zero attached hydrogens (tertiary/aromatic N) is 2. The summed E-state index contributed by atoms with van der Waals surface area (Å²) >= 11 is 0. The largest absolute Gasteiger partial charge is 0.367 e. The molecule has 0 saturated heterocycles. The average Bonchev–Trinajstić information content (AvgIpc) is 2.44. The minimum Gasteiger partial charge on any atom is -0.367 e. The summed E-state index contributed by atoms with van der Waals surface area (Å²) in [6.07, 6.45) is 8.08. The number of fused-ring (bicyclic) bond motifs is 1. The quantitative estimate of drug-likeness (QED) is 0.769. The molecule has 1 unspecified atom stereocenters. The van der Waals surface area contributed by atoms with Gasteiger partial charge in [0.25, 0.3) is 0 Å². The van der Waals surface area contributed by atoms with Crippen molar-refractivity contribution in [2.45, 2.75) is 19.4 Å². The van der Waals surface area contributed by atoms with E-state index in [4.69, 9.17) is 0 Å². The first-order chi connectivity index (χ1) is 9.14. The Morgan fingerprint density at radius 3 is 2.68 bits per heavy atom. The molecule has 19 heavy (non-hydrogen) atoms. The van der Waals surface area contributed by atoms with E-state index < -0.39 is 0 Å². The highest BCUT2D eigenvalue weighted by Gasteiger charge is 2.36. The first-order valence-corrected chi connectivity index (χ1v) is 6.56. The summed E-state index contributed by atoms with van der Waals surface area (Å²) in [6, 6.07) is 10.7. The number of aromatic nitrogens is 1. The molecule has 0 aliphatic carbocycles. The SMILES string of the molecule is Cc1ccccc1C1(C)c2ccncc2C=CN1C. The molecule has 0 radical (unpaired) electrons. The summed E-state index contributed by atoms with van der Waals surface area (Å²) in [4.78, 5) is 6.51. The number of benzene rings is 1. The van der Waals surface area contributed by atoms with Crippen LogP contribution in [0.4, 0.5) is 0 Å². The summed E-state index contributed by atoms with van der Waals surface area (Å²) in [6.45, 7) is 4.45. The van der Waals surface area contributed by atoms with Gasteiger partial charge in [-0.3, -0.25) is 4.98 Å². The van der Waals surface area contributed by atoms with Gasteiger partial charge in [0.15, 0.2) is 0 Å². The molecule has 0 saturated carbocycles. The molecule has 2 heterocycles. The summed E-state index contributed by atoms with van der Waals surface area (Å²) < 4.78 is 0. The van der Waals surface area contributed by atoms with Gasteiger partial charge in [0.1, 0.15) is 0 Å². The zero-order valence-corrected chi connectivity index (χ0v) is 11.6. The normalized spacial score (nSPS) is 21.3. The van der Waals surface area contributed by atoms with Crippen molar-refractivity contribution < 1.29 is 0 Å². The standard InChI is InChI=1S/C17H18N2/c1-13-6-4-5-7-15(13)17(2)16-8-10-18-12-14(16)9-11-19(17)3/h4-12H,1-3H3. The summed E-state index contributed by atoms with van der Waals surface area (Å²) in [7, 11) is 2.13. The van der Waals surface area contributed by atoms with Crippen LogP contribution in [0.3, 0.4) is 0 Å². The van der Waals surface area contributed by atoms with E-state index in [2.05, 4.69) is 73.4 Å². The summed E-state index contributed by atoms with van der Waals surface area (Å²) in [5, 5.41) is 0. The Morgan fingerprint density at radius 2 is 1.89 bits per heavy atom. The minimum absolute atomic E-state index is 0.141. The van der Waals surface area contributed by atoms with Gasteiger partial charge in [0, 0.05) is 31.2 Å². The molecular weight excluding hydrogens is 232 g/mol. The van der Waals surface area contributed by atoms with Crippen LogP contribution in [0.15, 0.2) is 48.9 Å². The molecule has 2 heteroatoms. The Kier molecular flexibility index (Phi) is 2.67. The second-order valence-corrected chi connectivity index (χ2v) is 5.28. The number of pyridine rings is 1. The lowest BCUT2D eigenvalue weighted by atomic mass is 9.78. The third-order valence-electron chi connectivity index (χ3n) is 4.23. The van der Waals surface area contributed by atoms with Crippen molar-refractivity contribution in [2.24, 2.45) is 0 Å². The Morgan fingerprint density at radius 1 is 1.11 bits per heavy atom. The lowest BCUT2D eigenvalue weighted by molar-refractivity contribution is 0.250. The van der Waals surface area contributed by atoms with Crippen LogP contribution in [-0.4, -0.2) is 16.9 Å². The summed E-state index contributed by atoms with van der Waals surface area (Å²) in [5.74, 6) is 0. The highest BCUT2D eigenvalue weighted by Crippen LogP contribution is 2.41. The lowest BCUT2D eigenvalue weighted by Gasteiger charge is -2.43. The molecule has 96 valence electrons. The second-order valence-electron chi connectivity index (χ2n) is 5.28. The van der Waals surface area contributed by atoms with Gasteiger partial charge < -0.3 is 4.90 Å². The van der Waals surface area contributed by atoms with Gasteiger partial charge in [-0.1, -0.05) is 24.3 Å². The van der Waals surface area contributed by atoms with E-state index in [-0.39, 0.29) is 5.54 Å². The zero-order valence-electron chi connectivity index (χ0n) is 11.6. The molecule has 2 aromatic rings. The highest BCUT2D eigenvalue weighted by atomic mass is 15.2. The van der Waals surface area contributed by atoms with Gasteiger partial charge in [-0.2, -0.15) is 0 Å². The Hall–Kier alpha value is -2.09. The van der Waals surface area contributed by atoms with Gasteiger partial charge in [0.05, 0.1) is 5.54 Å². The molecule has 1 aromatic carbocycles. The van der Waals surface area contributed by atoms with Crippen LogP contribution in [0.25, 0.3) is 6.08 Å². The first kappa shape index (κ1) is 12.0. The third kappa shape index (κ3) is 1.67. The molecule has 1 aliphatic rings. The van der Waals surface area contributed by atoms with Crippen LogP contribution in [-0.2, 0) is 5.54 Å². The van der Waals surface area contributed by atoms with Crippen LogP contribution in [0.1, 0.15) is 29.2 Å². The number of rotatable bonds is 1. The van der Waals surface area contributed by atoms with Crippen LogP contribution in [0.2, 0.25) is 0 Å². The average molecular weight is 250 g/mol. The maximum atomic E-state index is 4.23. The van der Waals surface area contributed by atoms with Crippen molar-refractivity contribution in [3.63, 3.8) is 0 Å². The van der Waals surface area contributed by atoms with Crippen molar-refractivity contribution in [2.75, 3.05) is 7.05 Å². The van der Waals surface area contributed by atoms with E-state index in [1.165, 1.54) is 22.3 Å². The maximum absolute atomic E-state index is 4.23. The maximum Gasteiger partial charge on any atom is 0.0878 e. The minimum atomic E-state index is -0.141. The van der Waals surface area contributed by atoms with Crippen LogP contribution >= 0.6 is 0 Å².